The van der Waals surface area contributed by atoms with Gasteiger partial charge in [0, 0.05) is 13.4 Å². The van der Waals surface area contributed by atoms with E-state index in [0.29, 0.717) is 13.4 Å². The van der Waals surface area contributed by atoms with Crippen molar-refractivity contribution < 1.29 is 9.68 Å². The molecule has 1 N–H and O–H groups in total. The highest BCUT2D eigenvalue weighted by atomic mass is 79.9. The minimum absolute atomic E-state index is 0. The van der Waals surface area contributed by atoms with Gasteiger partial charge < -0.3 is 9.68 Å². The van der Waals surface area contributed by atoms with E-state index in [-0.39, 0.29) is 7.43 Å². The Kier molecular flexibility index (Phi) is 12.0. The van der Waals surface area contributed by atoms with Crippen molar-refractivity contribution in [1.82, 2.24) is 0 Å². The molecule has 0 aliphatic rings. The van der Waals surface area contributed by atoms with E-state index in [0.717, 1.165) is 10.8 Å². The Labute approximate surface area is 347 Å². The quantitative estimate of drug-likeness (QED) is 0.141. The highest BCUT2D eigenvalue weighted by molar-refractivity contribution is 9.11. The van der Waals surface area contributed by atoms with Crippen LogP contribution in [-0.4, -0.2) is 12.7 Å². The van der Waals surface area contributed by atoms with E-state index in [1.807, 2.05) is 42.5 Å². The van der Waals surface area contributed by atoms with Gasteiger partial charge >= 0.3 is 7.69 Å². The molecule has 267 valence electrons. The van der Waals surface area contributed by atoms with E-state index in [1.165, 1.54) is 78.4 Å². The first kappa shape index (κ1) is 38.3. The molecule has 0 bridgehead atoms. The zero-order valence-corrected chi connectivity index (χ0v) is 33.6. The van der Waals surface area contributed by atoms with Crippen molar-refractivity contribution in [1.29, 1.82) is 0 Å². The van der Waals surface area contributed by atoms with Crippen molar-refractivity contribution in [2.75, 3.05) is 0 Å². The molecule has 0 spiro atoms. The molecule has 0 amide bonds. The molecule has 0 saturated heterocycles. The molecule has 10 rings (SSSR count). The lowest BCUT2D eigenvalue weighted by molar-refractivity contribution is 0.454. The predicted octanol–water partition coefficient (Wildman–Crippen LogP) is 15.5. The van der Waals surface area contributed by atoms with Crippen molar-refractivity contribution >= 4 is 120 Å². The minimum atomic E-state index is 0. The Bertz CT molecular complexity index is 2790. The topological polar surface area (TPSA) is 29.5 Å². The van der Waals surface area contributed by atoms with Crippen LogP contribution in [0.25, 0.3) is 75.8 Å². The first-order valence-corrected chi connectivity index (χ1v) is 19.8. The molecule has 0 aliphatic carbocycles. The third-order valence-electron chi connectivity index (χ3n) is 9.61. The lowest BCUT2D eigenvalue weighted by Gasteiger charge is -2.15. The van der Waals surface area contributed by atoms with Crippen molar-refractivity contribution in [2.45, 2.75) is 7.43 Å². The molecule has 2 nitrogen and oxygen atoms in total. The lowest BCUT2D eigenvalue weighted by atomic mass is 9.91. The summed E-state index contributed by atoms with van der Waals surface area (Å²) >= 11 is 11.2. The summed E-state index contributed by atoms with van der Waals surface area (Å²) in [5.41, 5.74) is 2.57. The summed E-state index contributed by atoms with van der Waals surface area (Å²) in [5.74, 6) is 0.640. The predicted molar refractivity (Wildman–Crippen MR) is 248 cm³/mol. The number of hydrogen-bond acceptors (Lipinski definition) is 2. The Balaban J connectivity index is 0.000000134. The molecule has 0 aromatic heterocycles. The van der Waals surface area contributed by atoms with Gasteiger partial charge in [-0.3, -0.25) is 0 Å². The third-order valence-corrected chi connectivity index (χ3v) is 12.2. The van der Waals surface area contributed by atoms with Crippen LogP contribution in [-0.2, 0) is 0 Å². The summed E-state index contributed by atoms with van der Waals surface area (Å²) in [6.07, 6.45) is 0. The third kappa shape index (κ3) is 7.78. The van der Waals surface area contributed by atoms with Gasteiger partial charge in [0.15, 0.2) is 0 Å². The van der Waals surface area contributed by atoms with Gasteiger partial charge in [0.2, 0.25) is 0 Å². The number of rotatable bonds is 3. The standard InChI is InChI=1S/C24H15Br.C14H8Br2.C10H8BO2.CH4/c25-24-21-11-5-3-9-19(21)23(20-10-4-6-12-22(20)24)18-14-13-16-7-1-2-8-17(16)15-18;15-13-9-5-1-2-6-10(9)14(16)12-8-4-3-7-11(12)13;12-11-13-10-6-5-8-3-1-2-4-9(8)7-10;/h1-15H;1-8H;1-7,12H;1H4. The van der Waals surface area contributed by atoms with Crippen LogP contribution in [0.2, 0.25) is 0 Å². The molecular weight excluding hydrogens is 871 g/mol. The van der Waals surface area contributed by atoms with Crippen LogP contribution in [0.3, 0.4) is 0 Å². The Morgan fingerprint density at radius 1 is 0.364 bits per heavy atom. The monoisotopic (exact) mass is 903 g/mol. The first-order chi connectivity index (χ1) is 26.5. The number of halogens is 3. The van der Waals surface area contributed by atoms with E-state index in [1.54, 1.807) is 0 Å². The van der Waals surface area contributed by atoms with E-state index >= 15 is 0 Å². The molecule has 0 saturated carbocycles. The van der Waals surface area contributed by atoms with Crippen LogP contribution in [0.15, 0.2) is 195 Å². The number of hydrogen-bond donors (Lipinski definition) is 1. The van der Waals surface area contributed by atoms with E-state index < -0.39 is 0 Å². The van der Waals surface area contributed by atoms with E-state index in [9.17, 15) is 0 Å². The van der Waals surface area contributed by atoms with Crippen molar-refractivity contribution in [3.05, 3.63) is 195 Å². The average molecular weight is 906 g/mol. The maximum atomic E-state index is 8.44. The second-order valence-electron chi connectivity index (χ2n) is 12.8. The second kappa shape index (κ2) is 17.2. The molecule has 0 atom stereocenters. The Morgan fingerprint density at radius 2 is 0.691 bits per heavy atom. The highest BCUT2D eigenvalue weighted by Crippen LogP contribution is 2.42. The molecule has 6 heteroatoms. The van der Waals surface area contributed by atoms with Gasteiger partial charge in [-0.05, 0) is 142 Å². The van der Waals surface area contributed by atoms with Gasteiger partial charge in [-0.25, -0.2) is 0 Å². The van der Waals surface area contributed by atoms with Crippen LogP contribution in [0.5, 0.6) is 5.75 Å². The maximum Gasteiger partial charge on any atom is 0.569 e. The molecule has 10 aromatic carbocycles. The van der Waals surface area contributed by atoms with Crippen LogP contribution in [0.4, 0.5) is 0 Å². The second-order valence-corrected chi connectivity index (χ2v) is 15.2. The smallest absolute Gasteiger partial charge is 0.537 e. The van der Waals surface area contributed by atoms with Gasteiger partial charge in [-0.15, -0.1) is 0 Å². The summed E-state index contributed by atoms with van der Waals surface area (Å²) < 4.78 is 8.35. The fourth-order valence-electron chi connectivity index (χ4n) is 7.05. The van der Waals surface area contributed by atoms with Crippen LogP contribution in [0, 0.1) is 0 Å². The number of fused-ring (bicyclic) bond motifs is 6. The summed E-state index contributed by atoms with van der Waals surface area (Å²) in [5, 5.41) is 23.3. The summed E-state index contributed by atoms with van der Waals surface area (Å²) in [4.78, 5) is 0. The van der Waals surface area contributed by atoms with Crippen molar-refractivity contribution in [2.24, 2.45) is 0 Å². The molecule has 10 aromatic rings. The van der Waals surface area contributed by atoms with Crippen molar-refractivity contribution in [3.63, 3.8) is 0 Å². The zero-order chi connectivity index (χ0) is 37.0. The van der Waals surface area contributed by atoms with Gasteiger partial charge in [0.1, 0.15) is 5.75 Å². The van der Waals surface area contributed by atoms with Crippen molar-refractivity contribution in [3.8, 4) is 16.9 Å². The molecule has 0 unspecified atom stereocenters. The largest absolute Gasteiger partial charge is 0.569 e. The summed E-state index contributed by atoms with van der Waals surface area (Å²) in [6.45, 7) is 0. The fourth-order valence-corrected chi connectivity index (χ4v) is 9.13. The van der Waals surface area contributed by atoms with Crippen LogP contribution >= 0.6 is 47.8 Å². The van der Waals surface area contributed by atoms with Gasteiger partial charge in [-0.1, -0.05) is 171 Å². The first-order valence-electron chi connectivity index (χ1n) is 17.5. The SMILES string of the molecule is Brc1c2ccccc2c(-c2ccc3ccccc3c2)c2ccccc12.Brc1c2ccccc2c(Br)c2ccccc12.C.O[B]Oc1ccc2ccccc2c1. The minimum Gasteiger partial charge on any atom is -0.537 e. The maximum absolute atomic E-state index is 8.44. The molecule has 55 heavy (non-hydrogen) atoms. The molecule has 0 aliphatic heterocycles. The van der Waals surface area contributed by atoms with Gasteiger partial charge in [0.05, 0.1) is 0 Å². The zero-order valence-electron chi connectivity index (χ0n) is 28.9. The molecular formula is C49H35BBr3O2. The van der Waals surface area contributed by atoms with Crippen LogP contribution < -0.4 is 4.65 Å². The molecule has 1 radical (unpaired) electrons. The normalized spacial score (nSPS) is 10.8. The Morgan fingerprint density at radius 3 is 1.11 bits per heavy atom. The molecule has 0 fully saturated rings. The number of benzene rings is 10. The van der Waals surface area contributed by atoms with Gasteiger partial charge in [-0.2, -0.15) is 0 Å². The highest BCUT2D eigenvalue weighted by Gasteiger charge is 2.14. The average Bonchev–Trinajstić information content (AvgIpc) is 3.23. The van der Waals surface area contributed by atoms with E-state index in [2.05, 4.69) is 187 Å². The van der Waals surface area contributed by atoms with E-state index in [4.69, 9.17) is 9.68 Å². The Hall–Kier alpha value is -4.98. The van der Waals surface area contributed by atoms with Gasteiger partial charge in [0.25, 0.3) is 0 Å². The summed E-state index contributed by atoms with van der Waals surface area (Å²) in [7, 11) is 0.685. The fraction of sp³-hybridized carbons (Fsp3) is 0.0204. The lowest BCUT2D eigenvalue weighted by Crippen LogP contribution is -1.99. The molecule has 0 heterocycles. The van der Waals surface area contributed by atoms with Crippen LogP contribution in [0.1, 0.15) is 7.43 Å². The summed E-state index contributed by atoms with van der Waals surface area (Å²) in [6, 6.07) is 63.0.